The number of benzene rings is 3. The van der Waals surface area contributed by atoms with Crippen molar-refractivity contribution in [3.8, 4) is 6.07 Å². The molecule has 0 saturated heterocycles. The third kappa shape index (κ3) is 8.44. The van der Waals surface area contributed by atoms with Crippen LogP contribution in [0, 0.1) is 11.3 Å². The van der Waals surface area contributed by atoms with Crippen LogP contribution in [0.1, 0.15) is 32.7 Å². The lowest BCUT2D eigenvalue weighted by Crippen LogP contribution is -2.37. The molecule has 40 heavy (non-hydrogen) atoms. The lowest BCUT2D eigenvalue weighted by molar-refractivity contribution is -0.884. The van der Waals surface area contributed by atoms with Crippen molar-refractivity contribution in [2.24, 2.45) is 0 Å². The second kappa shape index (κ2) is 12.5. The second-order valence-electron chi connectivity index (χ2n) is 10.2. The number of fused-ring (bicyclic) bond motifs is 1. The zero-order chi connectivity index (χ0) is 29.5. The fourth-order valence-electron chi connectivity index (χ4n) is 4.07. The van der Waals surface area contributed by atoms with Gasteiger partial charge in [-0.1, -0.05) is 54.6 Å². The van der Waals surface area contributed by atoms with Crippen molar-refractivity contribution in [2.75, 3.05) is 21.1 Å². The second-order valence-corrected chi connectivity index (χ2v) is 10.2. The first-order valence-corrected chi connectivity index (χ1v) is 12.3. The summed E-state index contributed by atoms with van der Waals surface area (Å²) in [6.45, 7) is 1.94. The van der Waals surface area contributed by atoms with Crippen molar-refractivity contribution in [2.45, 2.75) is 25.8 Å². The van der Waals surface area contributed by atoms with Crippen molar-refractivity contribution in [3.63, 3.8) is 0 Å². The van der Waals surface area contributed by atoms with Crippen LogP contribution < -0.4 is 10.4 Å². The van der Waals surface area contributed by atoms with E-state index in [0.29, 0.717) is 24.3 Å². The highest BCUT2D eigenvalue weighted by Crippen LogP contribution is 2.22. The van der Waals surface area contributed by atoms with Crippen molar-refractivity contribution < 1.29 is 32.3 Å². The maximum absolute atomic E-state index is 13.2. The van der Waals surface area contributed by atoms with E-state index in [-0.39, 0.29) is 5.91 Å². The molecule has 0 aliphatic heterocycles. The number of para-hydroxylation sites is 1. The van der Waals surface area contributed by atoms with E-state index in [0.717, 1.165) is 33.1 Å². The highest BCUT2D eigenvalue weighted by Gasteiger charge is 2.28. The molecule has 1 heterocycles. The molecule has 208 valence electrons. The predicted octanol–water partition coefficient (Wildman–Crippen LogP) is 4.00. The molecule has 1 N–H and O–H groups in total. The predicted molar refractivity (Wildman–Crippen MR) is 143 cm³/mol. The number of aromatic nitrogens is 1. The SMILES string of the molecule is C[N+](C)(C)Cc1ccc(CNC(=O)c2cc3ccccc3n2Cc2cccc(C#N)c2)cc1.O=C([O-])C(F)(F)F. The number of amides is 1. The number of carboxylic acids is 1. The minimum Gasteiger partial charge on any atom is -0.542 e. The van der Waals surface area contributed by atoms with Crippen LogP contribution in [0.25, 0.3) is 10.9 Å². The molecule has 0 saturated carbocycles. The Morgan fingerprint density at radius 1 is 0.925 bits per heavy atom. The number of carboxylic acid groups (broad SMARTS) is 1. The van der Waals surface area contributed by atoms with Gasteiger partial charge in [-0.3, -0.25) is 4.79 Å². The van der Waals surface area contributed by atoms with Crippen LogP contribution in [0.3, 0.4) is 0 Å². The quantitative estimate of drug-likeness (QED) is 0.352. The average molecular weight is 551 g/mol. The largest absolute Gasteiger partial charge is 0.542 e. The summed E-state index contributed by atoms with van der Waals surface area (Å²) in [6.07, 6.45) is -5.19. The standard InChI is InChI=1S/C28H28N4O.C2HF3O2/c1-32(2,3)20-22-13-11-21(12-14-22)18-30-28(33)27-16-25-9-4-5-10-26(25)31(27)19-24-8-6-7-23(15-24)17-29;3-2(4,5)1(6)7/h4-16H,18-20H2,1-3H3;(H,6,7). The Morgan fingerprint density at radius 3 is 2.15 bits per heavy atom. The summed E-state index contributed by atoms with van der Waals surface area (Å²) in [4.78, 5) is 22.0. The van der Waals surface area contributed by atoms with Gasteiger partial charge in [0.1, 0.15) is 18.2 Å². The van der Waals surface area contributed by atoms with Crippen molar-refractivity contribution >= 4 is 22.8 Å². The number of carbonyl (C=O) groups excluding carboxylic acids is 2. The molecule has 0 aliphatic rings. The number of aliphatic carboxylic acids is 1. The Kier molecular flexibility index (Phi) is 9.35. The van der Waals surface area contributed by atoms with Crippen LogP contribution in [0.15, 0.2) is 78.9 Å². The smallest absolute Gasteiger partial charge is 0.430 e. The number of carbonyl (C=O) groups is 2. The highest BCUT2D eigenvalue weighted by molar-refractivity contribution is 5.98. The Morgan fingerprint density at radius 2 is 1.55 bits per heavy atom. The molecule has 0 unspecified atom stereocenters. The van der Waals surface area contributed by atoms with Crippen molar-refractivity contribution in [1.82, 2.24) is 9.88 Å². The fraction of sp³-hybridized carbons (Fsp3) is 0.233. The summed E-state index contributed by atoms with van der Waals surface area (Å²) in [7, 11) is 6.51. The summed E-state index contributed by atoms with van der Waals surface area (Å²) in [5.41, 5.74) is 5.55. The van der Waals surface area contributed by atoms with Gasteiger partial charge in [-0.2, -0.15) is 18.4 Å². The van der Waals surface area contributed by atoms with Gasteiger partial charge in [-0.05, 0) is 35.4 Å². The Balaban J connectivity index is 0.000000559. The van der Waals surface area contributed by atoms with E-state index in [2.05, 4.69) is 56.8 Å². The normalized spacial score (nSPS) is 11.3. The number of hydrogen-bond donors (Lipinski definition) is 1. The van der Waals surface area contributed by atoms with Crippen LogP contribution in [-0.2, 0) is 24.4 Å². The molecule has 0 spiro atoms. The molecule has 0 atom stereocenters. The third-order valence-electron chi connectivity index (χ3n) is 5.80. The molecule has 0 fully saturated rings. The zero-order valence-corrected chi connectivity index (χ0v) is 22.3. The summed E-state index contributed by atoms with van der Waals surface area (Å²) in [5, 5.41) is 22.1. The number of nitriles is 1. The van der Waals surface area contributed by atoms with E-state index in [1.54, 1.807) is 6.07 Å². The van der Waals surface area contributed by atoms with Crippen LogP contribution in [0.2, 0.25) is 0 Å². The van der Waals surface area contributed by atoms with Gasteiger partial charge < -0.3 is 24.3 Å². The number of hydrogen-bond acceptors (Lipinski definition) is 4. The minimum atomic E-state index is -5.19. The highest BCUT2D eigenvalue weighted by atomic mass is 19.4. The van der Waals surface area contributed by atoms with Gasteiger partial charge in [0.25, 0.3) is 5.91 Å². The van der Waals surface area contributed by atoms with E-state index in [4.69, 9.17) is 9.90 Å². The monoisotopic (exact) mass is 550 g/mol. The van der Waals surface area contributed by atoms with Gasteiger partial charge in [0.2, 0.25) is 0 Å². The first-order chi connectivity index (χ1) is 18.8. The maximum atomic E-state index is 13.2. The Labute approximate surface area is 230 Å². The first kappa shape index (κ1) is 29.9. The van der Waals surface area contributed by atoms with E-state index >= 15 is 0 Å². The molecule has 1 aromatic heterocycles. The van der Waals surface area contributed by atoms with Gasteiger partial charge in [-0.25, -0.2) is 0 Å². The molecular weight excluding hydrogens is 521 g/mol. The number of rotatable bonds is 7. The molecule has 3 aromatic carbocycles. The maximum Gasteiger partial charge on any atom is 0.430 e. The molecule has 4 rings (SSSR count). The number of nitrogens with one attached hydrogen (secondary N) is 1. The molecule has 0 aliphatic carbocycles. The fourth-order valence-corrected chi connectivity index (χ4v) is 4.07. The van der Waals surface area contributed by atoms with Gasteiger partial charge in [0.05, 0.1) is 32.8 Å². The zero-order valence-electron chi connectivity index (χ0n) is 22.3. The van der Waals surface area contributed by atoms with E-state index in [9.17, 15) is 23.2 Å². The van der Waals surface area contributed by atoms with Gasteiger partial charge in [0, 0.05) is 29.6 Å². The molecule has 0 radical (unpaired) electrons. The van der Waals surface area contributed by atoms with Gasteiger partial charge in [-0.15, -0.1) is 0 Å². The summed E-state index contributed by atoms with van der Waals surface area (Å²) < 4.78 is 34.4. The molecule has 7 nitrogen and oxygen atoms in total. The third-order valence-corrected chi connectivity index (χ3v) is 5.80. The Bertz CT molecular complexity index is 1530. The van der Waals surface area contributed by atoms with E-state index in [1.807, 2.05) is 53.1 Å². The van der Waals surface area contributed by atoms with Gasteiger partial charge in [0.15, 0.2) is 0 Å². The molecular formula is C30H29F3N4O3. The number of quaternary nitrogens is 1. The van der Waals surface area contributed by atoms with E-state index in [1.165, 1.54) is 5.56 Å². The van der Waals surface area contributed by atoms with Crippen LogP contribution in [0.5, 0.6) is 0 Å². The summed E-state index contributed by atoms with van der Waals surface area (Å²) >= 11 is 0. The van der Waals surface area contributed by atoms with Crippen LogP contribution in [0.4, 0.5) is 13.2 Å². The minimum absolute atomic E-state index is 0.113. The average Bonchev–Trinajstić information content (AvgIpc) is 3.25. The molecule has 1 amide bonds. The van der Waals surface area contributed by atoms with Crippen molar-refractivity contribution in [3.05, 3.63) is 107 Å². The summed E-state index contributed by atoms with van der Waals surface area (Å²) in [5.74, 6) is -3.12. The number of alkyl halides is 3. The molecule has 4 aromatic rings. The lowest BCUT2D eigenvalue weighted by Gasteiger charge is -2.23. The Hall–Kier alpha value is -4.62. The molecule has 0 bridgehead atoms. The lowest BCUT2D eigenvalue weighted by atomic mass is 10.1. The topological polar surface area (TPSA) is 98.0 Å². The van der Waals surface area contributed by atoms with Crippen LogP contribution >= 0.6 is 0 Å². The van der Waals surface area contributed by atoms with Crippen molar-refractivity contribution in [1.29, 1.82) is 5.26 Å². The number of nitrogens with zero attached hydrogens (tertiary/aromatic N) is 3. The number of halogens is 3. The van der Waals surface area contributed by atoms with Crippen LogP contribution in [-0.4, -0.2) is 48.2 Å². The summed E-state index contributed by atoms with van der Waals surface area (Å²) in [6, 6.07) is 28.0. The molecule has 10 heteroatoms. The van der Waals surface area contributed by atoms with E-state index < -0.39 is 12.1 Å². The van der Waals surface area contributed by atoms with Gasteiger partial charge >= 0.3 is 6.18 Å². The first-order valence-electron chi connectivity index (χ1n) is 12.3.